The molecule has 1 aliphatic rings. The molecule has 1 fully saturated rings. The number of nitrogens with zero attached hydrogens (tertiary/aromatic N) is 3. The molecule has 6 nitrogen and oxygen atoms in total. The fraction of sp³-hybridized carbons (Fsp3) is 0.290. The van der Waals surface area contributed by atoms with Gasteiger partial charge in [-0.1, -0.05) is 30.3 Å². The van der Waals surface area contributed by atoms with Crippen LogP contribution in [-0.4, -0.2) is 47.6 Å². The lowest BCUT2D eigenvalue weighted by molar-refractivity contribution is -0.114. The van der Waals surface area contributed by atoms with Crippen LogP contribution in [0, 0.1) is 0 Å². The number of hydrogen-bond donors (Lipinski definition) is 1. The Balaban J connectivity index is 1.42. The Morgan fingerprint density at radius 3 is 2.05 bits per heavy atom. The van der Waals surface area contributed by atoms with Crippen LogP contribution in [0.1, 0.15) is 20.8 Å². The predicted molar refractivity (Wildman–Crippen MR) is 153 cm³/mol. The van der Waals surface area contributed by atoms with Crippen LogP contribution in [0.15, 0.2) is 77.6 Å². The monoisotopic (exact) mass is 494 g/mol. The summed E-state index contributed by atoms with van der Waals surface area (Å²) in [6.45, 7) is 10.3. The molecule has 1 saturated heterocycles. The van der Waals surface area contributed by atoms with Crippen LogP contribution in [0.2, 0.25) is 0 Å². The van der Waals surface area contributed by atoms with E-state index in [1.807, 2.05) is 43.4 Å². The number of fused-ring (bicyclic) bond motifs is 1. The Morgan fingerprint density at radius 2 is 1.43 bits per heavy atom. The van der Waals surface area contributed by atoms with E-state index < -0.39 is 0 Å². The molecule has 0 atom stereocenters. The molecule has 0 saturated carbocycles. The number of rotatable bonds is 5. The third-order valence-corrected chi connectivity index (χ3v) is 7.35. The van der Waals surface area contributed by atoms with Gasteiger partial charge < -0.3 is 14.8 Å². The van der Waals surface area contributed by atoms with E-state index in [4.69, 9.17) is 0 Å². The Morgan fingerprint density at radius 1 is 0.811 bits per heavy atom. The van der Waals surface area contributed by atoms with Crippen molar-refractivity contribution in [3.8, 4) is 22.3 Å². The first-order chi connectivity index (χ1) is 17.8. The smallest absolute Gasteiger partial charge is 0.258 e. The number of carbonyl (C=O) groups is 1. The van der Waals surface area contributed by atoms with Gasteiger partial charge in [0.2, 0.25) is 5.91 Å². The quantitative estimate of drug-likeness (QED) is 0.406. The van der Waals surface area contributed by atoms with Crippen molar-refractivity contribution in [2.24, 2.45) is 7.05 Å². The molecule has 1 aromatic heterocycles. The summed E-state index contributed by atoms with van der Waals surface area (Å²) in [6.07, 6.45) is 0. The Kier molecular flexibility index (Phi) is 6.85. The van der Waals surface area contributed by atoms with Crippen molar-refractivity contribution < 1.29 is 4.79 Å². The lowest BCUT2D eigenvalue weighted by Gasteiger charge is -2.38. The first kappa shape index (κ1) is 24.8. The molecule has 4 aromatic rings. The van der Waals surface area contributed by atoms with E-state index in [-0.39, 0.29) is 11.5 Å². The van der Waals surface area contributed by atoms with Crippen molar-refractivity contribution in [1.82, 2.24) is 9.47 Å². The summed E-state index contributed by atoms with van der Waals surface area (Å²) >= 11 is 0. The van der Waals surface area contributed by atoms with Crippen molar-refractivity contribution in [3.05, 3.63) is 83.2 Å². The molecule has 190 valence electrons. The Bertz CT molecular complexity index is 1480. The summed E-state index contributed by atoms with van der Waals surface area (Å²) in [6, 6.07) is 25.0. The van der Waals surface area contributed by atoms with Crippen molar-refractivity contribution >= 4 is 28.2 Å². The molecule has 6 heteroatoms. The molecule has 1 N–H and O–H groups in total. The van der Waals surface area contributed by atoms with Gasteiger partial charge in [-0.05, 0) is 78.4 Å². The number of carbonyl (C=O) groups excluding carboxylic acids is 1. The molecule has 1 amide bonds. The van der Waals surface area contributed by atoms with Gasteiger partial charge in [-0.2, -0.15) is 0 Å². The number of benzene rings is 3. The second kappa shape index (κ2) is 10.2. The average Bonchev–Trinajstić information content (AvgIpc) is 2.91. The van der Waals surface area contributed by atoms with Crippen LogP contribution in [0.5, 0.6) is 0 Å². The Hall–Kier alpha value is -3.90. The normalized spacial score (nSPS) is 14.4. The lowest BCUT2D eigenvalue weighted by atomic mass is 10.00. The minimum Gasteiger partial charge on any atom is -0.369 e. The molecule has 3 aromatic carbocycles. The second-order valence-corrected chi connectivity index (χ2v) is 10.1. The van der Waals surface area contributed by atoms with Crippen molar-refractivity contribution in [1.29, 1.82) is 0 Å². The number of hydrogen-bond acceptors (Lipinski definition) is 4. The van der Waals surface area contributed by atoms with Crippen LogP contribution in [-0.2, 0) is 11.8 Å². The zero-order valence-electron chi connectivity index (χ0n) is 22.0. The number of pyridine rings is 1. The zero-order valence-corrected chi connectivity index (χ0v) is 22.0. The average molecular weight is 495 g/mol. The van der Waals surface area contributed by atoms with Gasteiger partial charge in [-0.25, -0.2) is 0 Å². The van der Waals surface area contributed by atoms with Gasteiger partial charge in [0.1, 0.15) is 0 Å². The van der Waals surface area contributed by atoms with E-state index in [1.165, 1.54) is 12.6 Å². The SMILES string of the molecule is CC(=O)Nc1ccc(-c2cc3cc(-c4ccc(N5CCN(C(C)C)CC5)cc4)ccc3n(C)c2=O)cc1. The topological polar surface area (TPSA) is 57.6 Å². The van der Waals surface area contributed by atoms with E-state index in [0.29, 0.717) is 17.3 Å². The first-order valence-electron chi connectivity index (χ1n) is 12.9. The van der Waals surface area contributed by atoms with Crippen LogP contribution >= 0.6 is 0 Å². The minimum atomic E-state index is -0.122. The first-order valence-corrected chi connectivity index (χ1v) is 12.9. The molecule has 0 aliphatic carbocycles. The summed E-state index contributed by atoms with van der Waals surface area (Å²) in [7, 11) is 1.81. The standard InChI is InChI=1S/C31H34N4O2/c1-21(2)34-15-17-35(18-16-34)28-12-7-23(8-13-28)25-9-14-30-26(19-25)20-29(31(37)33(30)4)24-5-10-27(11-6-24)32-22(3)36/h5-14,19-21H,15-18H2,1-4H3,(H,32,36). The molecule has 0 unspecified atom stereocenters. The molecule has 0 radical (unpaired) electrons. The maximum Gasteiger partial charge on any atom is 0.258 e. The number of piperazine rings is 1. The fourth-order valence-corrected chi connectivity index (χ4v) is 5.17. The van der Waals surface area contributed by atoms with Crippen LogP contribution in [0.25, 0.3) is 33.2 Å². The van der Waals surface area contributed by atoms with E-state index >= 15 is 0 Å². The molecule has 37 heavy (non-hydrogen) atoms. The number of aryl methyl sites for hydroxylation is 1. The molecule has 2 heterocycles. The highest BCUT2D eigenvalue weighted by atomic mass is 16.1. The van der Waals surface area contributed by atoms with Gasteiger partial charge in [-0.15, -0.1) is 0 Å². The molecule has 5 rings (SSSR count). The molecular weight excluding hydrogens is 460 g/mol. The highest BCUT2D eigenvalue weighted by Gasteiger charge is 2.19. The number of anilines is 2. The highest BCUT2D eigenvalue weighted by Crippen LogP contribution is 2.29. The summed E-state index contributed by atoms with van der Waals surface area (Å²) in [5.74, 6) is -0.122. The number of aromatic nitrogens is 1. The molecular formula is C31H34N4O2. The molecule has 0 spiro atoms. The van der Waals surface area contributed by atoms with E-state index in [9.17, 15) is 9.59 Å². The van der Waals surface area contributed by atoms with Gasteiger partial charge in [0.05, 0.1) is 5.52 Å². The third kappa shape index (κ3) is 5.16. The van der Waals surface area contributed by atoms with Crippen molar-refractivity contribution in [3.63, 3.8) is 0 Å². The number of nitrogens with one attached hydrogen (secondary N) is 1. The second-order valence-electron chi connectivity index (χ2n) is 10.1. The number of amides is 1. The summed E-state index contributed by atoms with van der Waals surface area (Å²) < 4.78 is 1.70. The largest absolute Gasteiger partial charge is 0.369 e. The zero-order chi connectivity index (χ0) is 26.1. The maximum absolute atomic E-state index is 13.1. The van der Waals surface area contributed by atoms with Gasteiger partial charge in [-0.3, -0.25) is 14.5 Å². The van der Waals surface area contributed by atoms with Crippen LogP contribution in [0.3, 0.4) is 0 Å². The van der Waals surface area contributed by atoms with E-state index in [2.05, 4.69) is 65.4 Å². The summed E-state index contributed by atoms with van der Waals surface area (Å²) in [5.41, 5.74) is 6.56. The molecule has 1 aliphatic heterocycles. The minimum absolute atomic E-state index is 0.0468. The fourth-order valence-electron chi connectivity index (χ4n) is 5.17. The maximum atomic E-state index is 13.1. The third-order valence-electron chi connectivity index (χ3n) is 7.35. The predicted octanol–water partition coefficient (Wildman–Crippen LogP) is 5.36. The van der Waals surface area contributed by atoms with E-state index in [0.717, 1.165) is 53.8 Å². The lowest BCUT2D eigenvalue weighted by Crippen LogP contribution is -2.48. The van der Waals surface area contributed by atoms with Gasteiger partial charge in [0.25, 0.3) is 5.56 Å². The van der Waals surface area contributed by atoms with Crippen molar-refractivity contribution in [2.45, 2.75) is 26.8 Å². The van der Waals surface area contributed by atoms with Gasteiger partial charge in [0.15, 0.2) is 0 Å². The van der Waals surface area contributed by atoms with Crippen LogP contribution < -0.4 is 15.8 Å². The molecule has 0 bridgehead atoms. The Labute approximate surface area is 218 Å². The van der Waals surface area contributed by atoms with E-state index in [1.54, 1.807) is 4.57 Å². The van der Waals surface area contributed by atoms with Crippen LogP contribution in [0.4, 0.5) is 11.4 Å². The highest BCUT2D eigenvalue weighted by molar-refractivity contribution is 5.90. The van der Waals surface area contributed by atoms with Gasteiger partial charge >= 0.3 is 0 Å². The van der Waals surface area contributed by atoms with Gasteiger partial charge in [0, 0.05) is 63.1 Å². The van der Waals surface area contributed by atoms with Crippen molar-refractivity contribution in [2.75, 3.05) is 36.4 Å². The summed E-state index contributed by atoms with van der Waals surface area (Å²) in [5, 5.41) is 3.78. The summed E-state index contributed by atoms with van der Waals surface area (Å²) in [4.78, 5) is 29.4.